The molecule has 0 bridgehead atoms. The van der Waals surface area contributed by atoms with E-state index >= 15 is 0 Å². The van der Waals surface area contributed by atoms with Gasteiger partial charge in [0.15, 0.2) is 0 Å². The van der Waals surface area contributed by atoms with Gasteiger partial charge in [-0.1, -0.05) is 6.92 Å². The summed E-state index contributed by atoms with van der Waals surface area (Å²) in [6, 6.07) is 0. The van der Waals surface area contributed by atoms with E-state index in [2.05, 4.69) is 18.9 Å². The van der Waals surface area contributed by atoms with Crippen molar-refractivity contribution in [3.8, 4) is 0 Å². The Labute approximate surface area is 86.0 Å². The van der Waals surface area contributed by atoms with Gasteiger partial charge < -0.3 is 14.7 Å². The lowest BCUT2D eigenvalue weighted by Crippen LogP contribution is -2.55. The van der Waals surface area contributed by atoms with Crippen LogP contribution in [0.5, 0.6) is 0 Å². The standard InChI is InChI=1S/C11H21NO2/c1-9-8-12(2)5-4-11(9)7-10(13)3-6-14-11/h9-10,13H,3-8H2,1-2H3. The molecule has 1 N–H and O–H groups in total. The summed E-state index contributed by atoms with van der Waals surface area (Å²) in [5.41, 5.74) is -0.0236. The van der Waals surface area contributed by atoms with Crippen molar-refractivity contribution >= 4 is 0 Å². The van der Waals surface area contributed by atoms with Gasteiger partial charge in [0, 0.05) is 26.1 Å². The van der Waals surface area contributed by atoms with E-state index < -0.39 is 0 Å². The molecule has 2 fully saturated rings. The van der Waals surface area contributed by atoms with Crippen molar-refractivity contribution in [2.24, 2.45) is 5.92 Å². The Bertz CT molecular complexity index is 209. The predicted octanol–water partition coefficient (Wildman–Crippen LogP) is 0.868. The van der Waals surface area contributed by atoms with Gasteiger partial charge in [-0.25, -0.2) is 0 Å². The van der Waals surface area contributed by atoms with Gasteiger partial charge >= 0.3 is 0 Å². The van der Waals surface area contributed by atoms with Gasteiger partial charge in [-0.2, -0.15) is 0 Å². The molecule has 1 spiro atoms. The van der Waals surface area contributed by atoms with E-state index in [0.29, 0.717) is 5.92 Å². The van der Waals surface area contributed by atoms with Crippen molar-refractivity contribution in [1.82, 2.24) is 4.90 Å². The Morgan fingerprint density at radius 3 is 2.93 bits per heavy atom. The number of rotatable bonds is 0. The summed E-state index contributed by atoms with van der Waals surface area (Å²) in [6.07, 6.45) is 2.57. The van der Waals surface area contributed by atoms with Gasteiger partial charge in [0.2, 0.25) is 0 Å². The minimum absolute atomic E-state index is 0.0236. The minimum atomic E-state index is -0.144. The van der Waals surface area contributed by atoms with Crippen molar-refractivity contribution in [1.29, 1.82) is 0 Å². The molecule has 82 valence electrons. The lowest BCUT2D eigenvalue weighted by atomic mass is 9.76. The zero-order chi connectivity index (χ0) is 10.2. The molecule has 0 saturated carbocycles. The van der Waals surface area contributed by atoms with E-state index in [-0.39, 0.29) is 11.7 Å². The van der Waals surface area contributed by atoms with Crippen LogP contribution in [0, 0.1) is 5.92 Å². The van der Waals surface area contributed by atoms with E-state index in [1.165, 1.54) is 0 Å². The van der Waals surface area contributed by atoms with Crippen LogP contribution in [0.15, 0.2) is 0 Å². The van der Waals surface area contributed by atoms with Crippen LogP contribution in [-0.4, -0.2) is 48.5 Å². The van der Waals surface area contributed by atoms with E-state index in [1.54, 1.807) is 0 Å². The number of likely N-dealkylation sites (tertiary alicyclic amines) is 1. The lowest BCUT2D eigenvalue weighted by Gasteiger charge is -2.48. The van der Waals surface area contributed by atoms with E-state index in [4.69, 9.17) is 4.74 Å². The number of hydrogen-bond acceptors (Lipinski definition) is 3. The average molecular weight is 199 g/mol. The van der Waals surface area contributed by atoms with Crippen molar-refractivity contribution in [3.05, 3.63) is 0 Å². The maximum Gasteiger partial charge on any atom is 0.0756 e. The topological polar surface area (TPSA) is 32.7 Å². The molecule has 0 aromatic carbocycles. The maximum atomic E-state index is 9.72. The average Bonchev–Trinajstić information content (AvgIpc) is 2.13. The summed E-state index contributed by atoms with van der Waals surface area (Å²) >= 11 is 0. The summed E-state index contributed by atoms with van der Waals surface area (Å²) in [5.74, 6) is 0.538. The molecular formula is C11H21NO2. The highest BCUT2D eigenvalue weighted by atomic mass is 16.5. The number of aliphatic hydroxyl groups is 1. The van der Waals surface area contributed by atoms with Crippen LogP contribution in [0.2, 0.25) is 0 Å². The fourth-order valence-corrected chi connectivity index (χ4v) is 2.83. The Balaban J connectivity index is 2.06. The number of ether oxygens (including phenoxy) is 1. The van der Waals surface area contributed by atoms with Crippen LogP contribution in [0.1, 0.15) is 26.2 Å². The smallest absolute Gasteiger partial charge is 0.0756 e. The highest BCUT2D eigenvalue weighted by Crippen LogP contribution is 2.38. The molecular weight excluding hydrogens is 178 g/mol. The molecule has 0 aliphatic carbocycles. The maximum absolute atomic E-state index is 9.72. The second-order valence-corrected chi connectivity index (χ2v) is 4.97. The first kappa shape index (κ1) is 10.4. The zero-order valence-electron chi connectivity index (χ0n) is 9.20. The van der Waals surface area contributed by atoms with E-state index in [9.17, 15) is 5.11 Å². The van der Waals surface area contributed by atoms with Gasteiger partial charge in [0.25, 0.3) is 0 Å². The van der Waals surface area contributed by atoms with Crippen molar-refractivity contribution < 1.29 is 9.84 Å². The third-order valence-electron chi connectivity index (χ3n) is 3.82. The SMILES string of the molecule is CC1CN(C)CCC12CC(O)CCO2. The molecule has 3 heteroatoms. The summed E-state index contributed by atoms with van der Waals surface area (Å²) in [5, 5.41) is 9.72. The predicted molar refractivity (Wildman–Crippen MR) is 55.2 cm³/mol. The summed E-state index contributed by atoms with van der Waals surface area (Å²) < 4.78 is 5.95. The molecule has 3 unspecified atom stereocenters. The van der Waals surface area contributed by atoms with E-state index in [1.807, 2.05) is 0 Å². The first-order valence-corrected chi connectivity index (χ1v) is 5.63. The fourth-order valence-electron chi connectivity index (χ4n) is 2.83. The van der Waals surface area contributed by atoms with Crippen molar-refractivity contribution in [2.45, 2.75) is 37.9 Å². The molecule has 2 saturated heterocycles. The summed E-state index contributed by atoms with van der Waals surface area (Å²) in [6.45, 7) is 5.16. The molecule has 14 heavy (non-hydrogen) atoms. The highest BCUT2D eigenvalue weighted by molar-refractivity contribution is 4.95. The van der Waals surface area contributed by atoms with Gasteiger partial charge in [-0.15, -0.1) is 0 Å². The van der Waals surface area contributed by atoms with Crippen LogP contribution < -0.4 is 0 Å². The van der Waals surface area contributed by atoms with Gasteiger partial charge in [-0.3, -0.25) is 0 Å². The Kier molecular flexibility index (Phi) is 2.82. The quantitative estimate of drug-likeness (QED) is 0.628. The normalized spacial score (nSPS) is 45.6. The van der Waals surface area contributed by atoms with Crippen LogP contribution in [0.25, 0.3) is 0 Å². The third kappa shape index (κ3) is 1.81. The van der Waals surface area contributed by atoms with Gasteiger partial charge in [0.1, 0.15) is 0 Å². The zero-order valence-corrected chi connectivity index (χ0v) is 9.20. The number of hydrogen-bond donors (Lipinski definition) is 1. The number of piperidine rings is 1. The third-order valence-corrected chi connectivity index (χ3v) is 3.82. The van der Waals surface area contributed by atoms with E-state index in [0.717, 1.165) is 39.0 Å². The van der Waals surface area contributed by atoms with Crippen LogP contribution in [-0.2, 0) is 4.74 Å². The molecule has 2 aliphatic rings. The molecule has 2 heterocycles. The summed E-state index contributed by atoms with van der Waals surface area (Å²) in [7, 11) is 2.16. The van der Waals surface area contributed by atoms with Crippen molar-refractivity contribution in [3.63, 3.8) is 0 Å². The second-order valence-electron chi connectivity index (χ2n) is 4.97. The molecule has 0 amide bonds. The molecule has 2 rings (SSSR count). The van der Waals surface area contributed by atoms with Gasteiger partial charge in [0.05, 0.1) is 11.7 Å². The molecule has 0 aromatic rings. The number of aliphatic hydroxyl groups excluding tert-OH is 1. The van der Waals surface area contributed by atoms with Crippen LogP contribution >= 0.6 is 0 Å². The first-order valence-electron chi connectivity index (χ1n) is 5.63. The van der Waals surface area contributed by atoms with Crippen LogP contribution in [0.3, 0.4) is 0 Å². The molecule has 3 atom stereocenters. The Morgan fingerprint density at radius 2 is 2.29 bits per heavy atom. The first-order chi connectivity index (χ1) is 6.62. The number of nitrogens with zero attached hydrogens (tertiary/aromatic N) is 1. The van der Waals surface area contributed by atoms with Crippen molar-refractivity contribution in [2.75, 3.05) is 26.7 Å². The molecule has 0 aromatic heterocycles. The second kappa shape index (κ2) is 3.80. The largest absolute Gasteiger partial charge is 0.393 e. The minimum Gasteiger partial charge on any atom is -0.393 e. The Morgan fingerprint density at radius 1 is 1.50 bits per heavy atom. The lowest BCUT2D eigenvalue weighted by molar-refractivity contribution is -0.167. The molecule has 0 radical (unpaired) electrons. The molecule has 2 aliphatic heterocycles. The summed E-state index contributed by atoms with van der Waals surface area (Å²) in [4.78, 5) is 2.35. The van der Waals surface area contributed by atoms with Crippen LogP contribution in [0.4, 0.5) is 0 Å². The Hall–Kier alpha value is -0.120. The molecule has 3 nitrogen and oxygen atoms in total. The fraction of sp³-hybridized carbons (Fsp3) is 1.00. The highest BCUT2D eigenvalue weighted by Gasteiger charge is 2.44. The van der Waals surface area contributed by atoms with Gasteiger partial charge in [-0.05, 0) is 25.8 Å². The monoisotopic (exact) mass is 199 g/mol.